The molecule has 0 radical (unpaired) electrons. The van der Waals surface area contributed by atoms with E-state index in [2.05, 4.69) is 10.2 Å². The molecule has 5 nitrogen and oxygen atoms in total. The maximum absolute atomic E-state index is 12.5. The highest BCUT2D eigenvalue weighted by Gasteiger charge is 2.15. The first kappa shape index (κ1) is 15.3. The summed E-state index contributed by atoms with van der Waals surface area (Å²) >= 11 is 0. The first-order chi connectivity index (χ1) is 10.2. The van der Waals surface area contributed by atoms with Gasteiger partial charge < -0.3 is 10.6 Å². The molecular weight excluding hydrogens is 264 g/mol. The van der Waals surface area contributed by atoms with Gasteiger partial charge in [-0.05, 0) is 31.5 Å². The van der Waals surface area contributed by atoms with Gasteiger partial charge in [0.2, 0.25) is 5.91 Å². The number of hydrogen-bond donors (Lipinski definition) is 2. The molecule has 2 aromatic rings. The molecule has 1 aromatic heterocycles. The number of carbonyl (C=O) groups excluding carboxylic acids is 1. The van der Waals surface area contributed by atoms with Crippen LogP contribution < -0.4 is 5.73 Å². The van der Waals surface area contributed by atoms with Crippen LogP contribution in [0.5, 0.6) is 0 Å². The van der Waals surface area contributed by atoms with Crippen LogP contribution in [0.3, 0.4) is 0 Å². The molecule has 0 unspecified atom stereocenters. The van der Waals surface area contributed by atoms with Gasteiger partial charge in [-0.15, -0.1) is 0 Å². The van der Waals surface area contributed by atoms with E-state index in [0.29, 0.717) is 26.1 Å². The molecule has 2 rings (SSSR count). The predicted molar refractivity (Wildman–Crippen MR) is 82.6 cm³/mol. The summed E-state index contributed by atoms with van der Waals surface area (Å²) in [6.07, 6.45) is 1.12. The van der Waals surface area contributed by atoms with Crippen molar-refractivity contribution in [3.8, 4) is 0 Å². The third-order valence-corrected chi connectivity index (χ3v) is 3.29. The average molecular weight is 286 g/mol. The minimum absolute atomic E-state index is 0.0822. The van der Waals surface area contributed by atoms with E-state index in [4.69, 9.17) is 5.73 Å². The van der Waals surface area contributed by atoms with Crippen LogP contribution in [-0.4, -0.2) is 34.1 Å². The Hall–Kier alpha value is -2.14. The molecule has 5 heteroatoms. The van der Waals surface area contributed by atoms with E-state index < -0.39 is 0 Å². The Morgan fingerprint density at radius 1 is 1.33 bits per heavy atom. The molecule has 0 aliphatic heterocycles. The topological polar surface area (TPSA) is 75.0 Å². The number of amides is 1. The Morgan fingerprint density at radius 2 is 2.10 bits per heavy atom. The number of nitrogens with two attached hydrogens (primary N) is 1. The number of aromatic nitrogens is 2. The summed E-state index contributed by atoms with van der Waals surface area (Å²) in [6, 6.07) is 11.9. The lowest BCUT2D eigenvalue weighted by Gasteiger charge is -2.22. The highest BCUT2D eigenvalue weighted by atomic mass is 16.2. The number of hydrogen-bond acceptors (Lipinski definition) is 3. The maximum Gasteiger partial charge on any atom is 0.228 e. The second-order valence-corrected chi connectivity index (χ2v) is 5.16. The number of rotatable bonds is 7. The quantitative estimate of drug-likeness (QED) is 0.812. The van der Waals surface area contributed by atoms with Gasteiger partial charge in [-0.3, -0.25) is 9.89 Å². The molecule has 0 fully saturated rings. The van der Waals surface area contributed by atoms with Crippen LogP contribution in [0.4, 0.5) is 0 Å². The summed E-state index contributed by atoms with van der Waals surface area (Å²) in [4.78, 5) is 14.3. The second kappa shape index (κ2) is 7.59. The van der Waals surface area contributed by atoms with Crippen molar-refractivity contribution in [2.45, 2.75) is 26.3 Å². The largest absolute Gasteiger partial charge is 0.338 e. The summed E-state index contributed by atoms with van der Waals surface area (Å²) in [5.41, 5.74) is 8.44. The number of nitrogens with zero attached hydrogens (tertiary/aromatic N) is 2. The number of nitrogens with one attached hydrogen (secondary N) is 1. The first-order valence-electron chi connectivity index (χ1n) is 7.21. The highest BCUT2D eigenvalue weighted by molar-refractivity contribution is 5.78. The molecule has 0 saturated carbocycles. The number of carbonyl (C=O) groups is 1. The van der Waals surface area contributed by atoms with Crippen LogP contribution in [0.2, 0.25) is 0 Å². The van der Waals surface area contributed by atoms with Crippen LogP contribution in [0.25, 0.3) is 0 Å². The van der Waals surface area contributed by atoms with Gasteiger partial charge in [0.15, 0.2) is 0 Å². The molecule has 1 heterocycles. The van der Waals surface area contributed by atoms with E-state index in [-0.39, 0.29) is 5.91 Å². The summed E-state index contributed by atoms with van der Waals surface area (Å²) in [5, 5.41) is 6.99. The number of aryl methyl sites for hydroxylation is 1. The van der Waals surface area contributed by atoms with E-state index in [1.807, 2.05) is 48.2 Å². The highest BCUT2D eigenvalue weighted by Crippen LogP contribution is 2.08. The number of H-pyrrole nitrogens is 1. The molecule has 0 aliphatic carbocycles. The average Bonchev–Trinajstić information content (AvgIpc) is 2.89. The molecule has 1 aromatic carbocycles. The fourth-order valence-corrected chi connectivity index (χ4v) is 2.21. The van der Waals surface area contributed by atoms with Gasteiger partial charge in [0, 0.05) is 18.8 Å². The molecule has 21 heavy (non-hydrogen) atoms. The van der Waals surface area contributed by atoms with E-state index >= 15 is 0 Å². The zero-order valence-corrected chi connectivity index (χ0v) is 12.4. The van der Waals surface area contributed by atoms with Crippen molar-refractivity contribution in [2.24, 2.45) is 5.73 Å². The van der Waals surface area contributed by atoms with E-state index in [1.165, 1.54) is 0 Å². The molecule has 0 atom stereocenters. The van der Waals surface area contributed by atoms with Gasteiger partial charge in [-0.25, -0.2) is 0 Å². The van der Waals surface area contributed by atoms with Gasteiger partial charge in [-0.2, -0.15) is 5.10 Å². The van der Waals surface area contributed by atoms with Crippen molar-refractivity contribution in [2.75, 3.05) is 13.1 Å². The van der Waals surface area contributed by atoms with Crippen molar-refractivity contribution in [3.63, 3.8) is 0 Å². The normalized spacial score (nSPS) is 10.6. The minimum atomic E-state index is 0.0822. The standard InChI is InChI=1S/C16H22N4O/c1-13-10-15(19-18-13)11-16(21)20(9-5-8-17)12-14-6-3-2-4-7-14/h2-4,6-7,10H,5,8-9,11-12,17H2,1H3,(H,18,19). The Labute approximate surface area is 125 Å². The van der Waals surface area contributed by atoms with Gasteiger partial charge in [-0.1, -0.05) is 30.3 Å². The van der Waals surface area contributed by atoms with Gasteiger partial charge in [0.25, 0.3) is 0 Å². The SMILES string of the molecule is Cc1cc(CC(=O)N(CCCN)Cc2ccccc2)n[nH]1. The van der Waals surface area contributed by atoms with Crippen LogP contribution in [0.1, 0.15) is 23.4 Å². The van der Waals surface area contributed by atoms with Crippen LogP contribution in [0, 0.1) is 6.92 Å². The Balaban J connectivity index is 2.02. The zero-order chi connectivity index (χ0) is 15.1. The summed E-state index contributed by atoms with van der Waals surface area (Å²) < 4.78 is 0. The molecule has 3 N–H and O–H groups in total. The van der Waals surface area contributed by atoms with E-state index in [9.17, 15) is 4.79 Å². The molecule has 1 amide bonds. The van der Waals surface area contributed by atoms with Crippen molar-refractivity contribution < 1.29 is 4.79 Å². The number of benzene rings is 1. The summed E-state index contributed by atoms with van der Waals surface area (Å²) in [7, 11) is 0. The first-order valence-corrected chi connectivity index (χ1v) is 7.21. The van der Waals surface area contributed by atoms with Crippen LogP contribution in [-0.2, 0) is 17.8 Å². The summed E-state index contributed by atoms with van der Waals surface area (Å²) in [5.74, 6) is 0.0822. The van der Waals surface area contributed by atoms with Gasteiger partial charge in [0.05, 0.1) is 12.1 Å². The smallest absolute Gasteiger partial charge is 0.228 e. The number of aromatic amines is 1. The Bertz CT molecular complexity index is 565. The zero-order valence-electron chi connectivity index (χ0n) is 12.4. The van der Waals surface area contributed by atoms with E-state index in [1.54, 1.807) is 0 Å². The third kappa shape index (κ3) is 4.72. The molecule has 0 bridgehead atoms. The van der Waals surface area contributed by atoms with E-state index in [0.717, 1.165) is 23.4 Å². The van der Waals surface area contributed by atoms with Gasteiger partial charge in [0.1, 0.15) is 0 Å². The molecule has 0 saturated heterocycles. The molecule has 0 spiro atoms. The minimum Gasteiger partial charge on any atom is -0.338 e. The van der Waals surface area contributed by atoms with Crippen molar-refractivity contribution in [1.82, 2.24) is 15.1 Å². The maximum atomic E-state index is 12.5. The lowest BCUT2D eigenvalue weighted by atomic mass is 10.2. The van der Waals surface area contributed by atoms with Crippen LogP contribution in [0.15, 0.2) is 36.4 Å². The van der Waals surface area contributed by atoms with Crippen molar-refractivity contribution in [1.29, 1.82) is 0 Å². The van der Waals surface area contributed by atoms with Crippen molar-refractivity contribution in [3.05, 3.63) is 53.3 Å². The molecule has 112 valence electrons. The van der Waals surface area contributed by atoms with Crippen LogP contribution >= 0.6 is 0 Å². The fraction of sp³-hybridized carbons (Fsp3) is 0.375. The molecule has 0 aliphatic rings. The van der Waals surface area contributed by atoms with Crippen molar-refractivity contribution >= 4 is 5.91 Å². The third-order valence-electron chi connectivity index (χ3n) is 3.29. The lowest BCUT2D eigenvalue weighted by molar-refractivity contribution is -0.131. The second-order valence-electron chi connectivity index (χ2n) is 5.16. The summed E-state index contributed by atoms with van der Waals surface area (Å²) in [6.45, 7) is 3.80. The Kier molecular flexibility index (Phi) is 5.51. The lowest BCUT2D eigenvalue weighted by Crippen LogP contribution is -2.33. The van der Waals surface area contributed by atoms with Gasteiger partial charge >= 0.3 is 0 Å². The Morgan fingerprint density at radius 3 is 2.71 bits per heavy atom. The monoisotopic (exact) mass is 286 g/mol. The predicted octanol–water partition coefficient (Wildman–Crippen LogP) is 1.64. The molecular formula is C16H22N4O. The fourth-order valence-electron chi connectivity index (χ4n) is 2.21.